The molecule has 0 saturated carbocycles. The van der Waals surface area contributed by atoms with Crippen molar-refractivity contribution in [1.29, 1.82) is 0 Å². The first-order valence-corrected chi connectivity index (χ1v) is 7.46. The van der Waals surface area contributed by atoms with Crippen molar-refractivity contribution in [3.63, 3.8) is 0 Å². The van der Waals surface area contributed by atoms with Gasteiger partial charge in [-0.05, 0) is 12.1 Å². The normalized spacial score (nSPS) is 12.5. The largest absolute Gasteiger partial charge is 0.491 e. The molecule has 3 rings (SSSR count). The minimum absolute atomic E-state index is 0.0858. The van der Waals surface area contributed by atoms with Crippen LogP contribution in [0.5, 0.6) is 5.75 Å². The third-order valence-corrected chi connectivity index (χ3v) is 3.80. The average molecular weight is 330 g/mol. The van der Waals surface area contributed by atoms with Crippen molar-refractivity contribution in [3.05, 3.63) is 57.5 Å². The van der Waals surface area contributed by atoms with Crippen LogP contribution in [-0.4, -0.2) is 36.5 Å². The lowest BCUT2D eigenvalue weighted by Gasteiger charge is -2.14. The van der Waals surface area contributed by atoms with Crippen LogP contribution in [0.25, 0.3) is 11.2 Å². The Bertz CT molecular complexity index is 971. The van der Waals surface area contributed by atoms with Gasteiger partial charge in [0.05, 0.1) is 12.9 Å². The molecule has 2 aromatic heterocycles. The van der Waals surface area contributed by atoms with Gasteiger partial charge in [-0.3, -0.25) is 13.9 Å². The predicted molar refractivity (Wildman–Crippen MR) is 88.2 cm³/mol. The quantitative estimate of drug-likeness (QED) is 0.704. The number of hydrogen-bond acceptors (Lipinski definition) is 5. The third kappa shape index (κ3) is 2.83. The number of fused-ring (bicyclic) bond motifs is 1. The molecular weight excluding hydrogens is 312 g/mol. The Balaban J connectivity index is 1.83. The molecule has 1 unspecified atom stereocenters. The number of rotatable bonds is 5. The summed E-state index contributed by atoms with van der Waals surface area (Å²) in [4.78, 5) is 28.2. The van der Waals surface area contributed by atoms with Gasteiger partial charge in [0.2, 0.25) is 0 Å². The van der Waals surface area contributed by atoms with Gasteiger partial charge in [0.15, 0.2) is 5.52 Å². The molecule has 0 radical (unpaired) electrons. The van der Waals surface area contributed by atoms with E-state index in [2.05, 4.69) is 4.98 Å². The van der Waals surface area contributed by atoms with Gasteiger partial charge in [-0.2, -0.15) is 0 Å². The van der Waals surface area contributed by atoms with Crippen LogP contribution in [0.2, 0.25) is 0 Å². The second kappa shape index (κ2) is 6.32. The Morgan fingerprint density at radius 1 is 1.17 bits per heavy atom. The first-order chi connectivity index (χ1) is 11.5. The van der Waals surface area contributed by atoms with Crippen LogP contribution in [0.4, 0.5) is 0 Å². The van der Waals surface area contributed by atoms with Crippen LogP contribution in [-0.2, 0) is 20.6 Å². The predicted octanol–water partition coefficient (Wildman–Crippen LogP) is -0.126. The minimum atomic E-state index is -0.818. The number of hydrogen-bond donors (Lipinski definition) is 1. The van der Waals surface area contributed by atoms with E-state index in [0.29, 0.717) is 11.4 Å². The summed E-state index contributed by atoms with van der Waals surface area (Å²) < 4.78 is 9.44. The second-order valence-corrected chi connectivity index (χ2v) is 5.55. The zero-order chi connectivity index (χ0) is 17.3. The number of imidazole rings is 1. The van der Waals surface area contributed by atoms with Crippen molar-refractivity contribution in [2.75, 3.05) is 6.61 Å². The summed E-state index contributed by atoms with van der Waals surface area (Å²) in [5, 5.41) is 10.2. The fraction of sp³-hybridized carbons (Fsp3) is 0.312. The van der Waals surface area contributed by atoms with Gasteiger partial charge >= 0.3 is 5.69 Å². The smallest absolute Gasteiger partial charge is 0.332 e. The van der Waals surface area contributed by atoms with Crippen molar-refractivity contribution in [1.82, 2.24) is 18.7 Å². The summed E-state index contributed by atoms with van der Waals surface area (Å²) in [6, 6.07) is 9.16. The summed E-state index contributed by atoms with van der Waals surface area (Å²) in [5.74, 6) is 0.660. The molecule has 24 heavy (non-hydrogen) atoms. The number of aromatic nitrogens is 4. The summed E-state index contributed by atoms with van der Waals surface area (Å²) in [6.07, 6.45) is 0.624. The molecule has 2 heterocycles. The van der Waals surface area contributed by atoms with Crippen molar-refractivity contribution in [2.24, 2.45) is 14.1 Å². The lowest BCUT2D eigenvalue weighted by molar-refractivity contribution is 0.0931. The molecule has 0 aliphatic heterocycles. The molecule has 1 aromatic carbocycles. The maximum Gasteiger partial charge on any atom is 0.332 e. The number of ether oxygens (including phenoxy) is 1. The van der Waals surface area contributed by atoms with E-state index in [9.17, 15) is 14.7 Å². The van der Waals surface area contributed by atoms with E-state index in [1.165, 1.54) is 17.9 Å². The maximum atomic E-state index is 12.1. The Labute approximate surface area is 137 Å². The van der Waals surface area contributed by atoms with E-state index >= 15 is 0 Å². The van der Waals surface area contributed by atoms with Crippen LogP contribution < -0.4 is 16.0 Å². The van der Waals surface area contributed by atoms with Gasteiger partial charge < -0.3 is 14.4 Å². The summed E-state index contributed by atoms with van der Waals surface area (Å²) in [6.45, 7) is 0.242. The van der Waals surface area contributed by atoms with Gasteiger partial charge in [0.1, 0.15) is 24.1 Å². The lowest BCUT2D eigenvalue weighted by atomic mass is 10.3. The molecule has 0 aliphatic carbocycles. The van der Waals surface area contributed by atoms with Gasteiger partial charge in [0.25, 0.3) is 5.56 Å². The van der Waals surface area contributed by atoms with E-state index in [1.54, 1.807) is 23.7 Å². The number of aliphatic hydroxyl groups is 1. The first-order valence-electron chi connectivity index (χ1n) is 7.46. The lowest BCUT2D eigenvalue weighted by Crippen LogP contribution is -2.37. The third-order valence-electron chi connectivity index (χ3n) is 3.80. The highest BCUT2D eigenvalue weighted by Crippen LogP contribution is 2.10. The average Bonchev–Trinajstić information content (AvgIpc) is 3.01. The first kappa shape index (κ1) is 16.0. The molecule has 0 spiro atoms. The van der Waals surface area contributed by atoms with Crippen molar-refractivity contribution in [2.45, 2.75) is 12.6 Å². The van der Waals surface area contributed by atoms with E-state index in [1.807, 2.05) is 18.2 Å². The summed E-state index contributed by atoms with van der Waals surface area (Å²) in [7, 11) is 2.97. The Morgan fingerprint density at radius 2 is 1.88 bits per heavy atom. The van der Waals surface area contributed by atoms with Gasteiger partial charge in [0, 0.05) is 14.1 Å². The van der Waals surface area contributed by atoms with Gasteiger partial charge in [-0.15, -0.1) is 0 Å². The van der Waals surface area contributed by atoms with Crippen LogP contribution in [0.15, 0.2) is 46.2 Å². The molecule has 0 amide bonds. The zero-order valence-electron chi connectivity index (χ0n) is 13.4. The van der Waals surface area contributed by atoms with Crippen molar-refractivity contribution in [3.8, 4) is 5.75 Å². The second-order valence-electron chi connectivity index (χ2n) is 5.55. The fourth-order valence-electron chi connectivity index (χ4n) is 2.56. The highest BCUT2D eigenvalue weighted by atomic mass is 16.5. The molecule has 1 atom stereocenters. The molecule has 8 nitrogen and oxygen atoms in total. The van der Waals surface area contributed by atoms with E-state index in [-0.39, 0.29) is 18.7 Å². The topological polar surface area (TPSA) is 91.3 Å². The molecule has 0 aliphatic rings. The van der Waals surface area contributed by atoms with Gasteiger partial charge in [-0.1, -0.05) is 18.2 Å². The highest BCUT2D eigenvalue weighted by molar-refractivity contribution is 5.69. The molecule has 1 N–H and O–H groups in total. The van der Waals surface area contributed by atoms with Crippen LogP contribution in [0.3, 0.4) is 0 Å². The van der Waals surface area contributed by atoms with E-state index in [4.69, 9.17) is 4.74 Å². The van der Waals surface area contributed by atoms with Crippen molar-refractivity contribution < 1.29 is 9.84 Å². The molecule has 126 valence electrons. The number of nitrogens with zero attached hydrogens (tertiary/aromatic N) is 4. The highest BCUT2D eigenvalue weighted by Gasteiger charge is 2.16. The molecular formula is C16H18N4O4. The molecule has 3 aromatic rings. The Morgan fingerprint density at radius 3 is 2.58 bits per heavy atom. The molecule has 8 heteroatoms. The van der Waals surface area contributed by atoms with Gasteiger partial charge in [-0.25, -0.2) is 9.78 Å². The monoisotopic (exact) mass is 330 g/mol. The number of aryl methyl sites for hydroxylation is 1. The fourth-order valence-corrected chi connectivity index (χ4v) is 2.56. The zero-order valence-corrected chi connectivity index (χ0v) is 13.4. The number of para-hydroxylation sites is 1. The van der Waals surface area contributed by atoms with Crippen LogP contribution >= 0.6 is 0 Å². The van der Waals surface area contributed by atoms with E-state index < -0.39 is 17.4 Å². The summed E-state index contributed by atoms with van der Waals surface area (Å²) >= 11 is 0. The number of benzene rings is 1. The van der Waals surface area contributed by atoms with E-state index in [0.717, 1.165) is 4.57 Å². The molecule has 0 fully saturated rings. The Kier molecular flexibility index (Phi) is 4.22. The minimum Gasteiger partial charge on any atom is -0.491 e. The van der Waals surface area contributed by atoms with Crippen LogP contribution in [0, 0.1) is 0 Å². The van der Waals surface area contributed by atoms with Crippen molar-refractivity contribution >= 4 is 11.2 Å². The summed E-state index contributed by atoms with van der Waals surface area (Å²) in [5.41, 5.74) is -0.330. The molecule has 0 bridgehead atoms. The SMILES string of the molecule is Cn1c(=O)c2ncn(CC(O)COc3ccccc3)c2n(C)c1=O. The standard InChI is InChI=1S/C16H18N4O4/c1-18-14-13(15(22)19(2)16(18)23)17-10-20(14)8-11(21)9-24-12-6-4-3-5-7-12/h3-7,10-11,21H,8-9H2,1-2H3. The maximum absolute atomic E-state index is 12.1. The molecule has 0 saturated heterocycles. The number of aliphatic hydroxyl groups excluding tert-OH is 1. The Hall–Kier alpha value is -2.87. The van der Waals surface area contributed by atoms with Crippen LogP contribution in [0.1, 0.15) is 0 Å².